The molecule has 1 aromatic heterocycles. The maximum absolute atomic E-state index is 12.3. The van der Waals surface area contributed by atoms with Crippen molar-refractivity contribution in [3.63, 3.8) is 0 Å². The van der Waals surface area contributed by atoms with Crippen LogP contribution >= 0.6 is 0 Å². The second kappa shape index (κ2) is 5.73. The molecule has 1 saturated heterocycles. The summed E-state index contributed by atoms with van der Waals surface area (Å²) in [6.45, 7) is 2.22. The Morgan fingerprint density at radius 2 is 2.20 bits per heavy atom. The molecule has 1 aromatic carbocycles. The van der Waals surface area contributed by atoms with Gasteiger partial charge in [0.15, 0.2) is 0 Å². The summed E-state index contributed by atoms with van der Waals surface area (Å²) in [6, 6.07) is 9.01. The fraction of sp³-hybridized carbons (Fsp3) is 0.476. The van der Waals surface area contributed by atoms with Gasteiger partial charge in [-0.3, -0.25) is 4.90 Å². The normalized spacial score (nSPS) is 28.7. The maximum atomic E-state index is 12.3. The van der Waals surface area contributed by atoms with Crippen LogP contribution < -0.4 is 0 Å². The van der Waals surface area contributed by atoms with Crippen molar-refractivity contribution in [2.75, 3.05) is 20.2 Å². The molecule has 5 rings (SSSR count). The van der Waals surface area contributed by atoms with Crippen molar-refractivity contribution in [2.45, 2.75) is 31.7 Å². The van der Waals surface area contributed by atoms with E-state index >= 15 is 0 Å². The fourth-order valence-electron chi connectivity index (χ4n) is 5.35. The lowest BCUT2D eigenvalue weighted by Crippen LogP contribution is -2.47. The van der Waals surface area contributed by atoms with Gasteiger partial charge in [-0.25, -0.2) is 4.79 Å². The Kier molecular flexibility index (Phi) is 3.49. The Hall–Kier alpha value is -2.07. The van der Waals surface area contributed by atoms with E-state index in [0.717, 1.165) is 37.9 Å². The molecule has 1 aliphatic carbocycles. The quantitative estimate of drug-likeness (QED) is 0.810. The number of aromatic nitrogens is 1. The number of nitrogens with zero attached hydrogens (tertiary/aromatic N) is 1. The van der Waals surface area contributed by atoms with E-state index in [0.29, 0.717) is 17.9 Å². The van der Waals surface area contributed by atoms with Crippen LogP contribution in [-0.4, -0.2) is 36.1 Å². The first-order valence-corrected chi connectivity index (χ1v) is 9.38. The van der Waals surface area contributed by atoms with Crippen LogP contribution in [0.15, 0.2) is 35.9 Å². The standard InChI is InChI=1S/C21H24N2O2/c1-25-21(24)16-7-4-5-13-12-23-10-9-15-14-6-2-3-8-18(14)22-20(15)19(23)11-17(13)16/h2-3,6-8,13,17,19,22H,4-5,9-12H2,1H3/t13?,17-,19-/m0/s1. The van der Waals surface area contributed by atoms with Crippen molar-refractivity contribution >= 4 is 16.9 Å². The van der Waals surface area contributed by atoms with Crippen molar-refractivity contribution in [3.05, 3.63) is 47.2 Å². The lowest BCUT2D eigenvalue weighted by atomic mass is 9.70. The third kappa shape index (κ3) is 2.27. The zero-order valence-electron chi connectivity index (χ0n) is 14.6. The van der Waals surface area contributed by atoms with Gasteiger partial charge in [0, 0.05) is 35.3 Å². The molecule has 3 atom stereocenters. The molecule has 1 unspecified atom stereocenters. The highest BCUT2D eigenvalue weighted by atomic mass is 16.5. The summed E-state index contributed by atoms with van der Waals surface area (Å²) in [5.41, 5.74) is 5.01. The van der Waals surface area contributed by atoms with Gasteiger partial charge in [0.05, 0.1) is 13.2 Å². The number of H-pyrrole nitrogens is 1. The number of nitrogens with one attached hydrogen (secondary N) is 1. The number of ether oxygens (including phenoxy) is 1. The number of rotatable bonds is 1. The minimum absolute atomic E-state index is 0.129. The van der Waals surface area contributed by atoms with Crippen molar-refractivity contribution in [2.24, 2.45) is 11.8 Å². The number of aromatic amines is 1. The van der Waals surface area contributed by atoms with Crippen LogP contribution in [0.1, 0.15) is 36.6 Å². The topological polar surface area (TPSA) is 45.3 Å². The Labute approximate surface area is 147 Å². The molecule has 0 radical (unpaired) electrons. The van der Waals surface area contributed by atoms with Crippen molar-refractivity contribution < 1.29 is 9.53 Å². The van der Waals surface area contributed by atoms with Crippen LogP contribution in [0.4, 0.5) is 0 Å². The summed E-state index contributed by atoms with van der Waals surface area (Å²) < 4.78 is 5.06. The van der Waals surface area contributed by atoms with Crippen molar-refractivity contribution in [1.82, 2.24) is 9.88 Å². The highest BCUT2D eigenvalue weighted by Crippen LogP contribution is 2.47. The van der Waals surface area contributed by atoms with Crippen molar-refractivity contribution in [1.29, 1.82) is 0 Å². The SMILES string of the molecule is COC(=O)C1=CCCC2CN3CCc4c([nH]c5ccccc45)[C@@H]3C[C@H]12. The number of benzene rings is 1. The van der Waals surface area contributed by atoms with E-state index in [-0.39, 0.29) is 5.97 Å². The van der Waals surface area contributed by atoms with Gasteiger partial charge in [0.2, 0.25) is 0 Å². The fourth-order valence-corrected chi connectivity index (χ4v) is 5.35. The second-order valence-electron chi connectivity index (χ2n) is 7.65. The summed E-state index contributed by atoms with van der Waals surface area (Å²) in [4.78, 5) is 18.6. The number of carbonyl (C=O) groups excluding carboxylic acids is 1. The molecule has 1 fully saturated rings. The Morgan fingerprint density at radius 1 is 1.32 bits per heavy atom. The lowest BCUT2D eigenvalue weighted by Gasteiger charge is -2.47. The predicted octanol–water partition coefficient (Wildman–Crippen LogP) is 3.60. The molecular weight excluding hydrogens is 312 g/mol. The Morgan fingerprint density at radius 3 is 3.08 bits per heavy atom. The first-order valence-electron chi connectivity index (χ1n) is 9.38. The molecule has 25 heavy (non-hydrogen) atoms. The minimum atomic E-state index is -0.129. The van der Waals surface area contributed by atoms with E-state index in [9.17, 15) is 4.79 Å². The third-order valence-electron chi connectivity index (χ3n) is 6.51. The van der Waals surface area contributed by atoms with Gasteiger partial charge < -0.3 is 9.72 Å². The number of para-hydroxylation sites is 1. The first kappa shape index (κ1) is 15.2. The number of allylic oxidation sites excluding steroid dienone is 1. The number of hydrogen-bond acceptors (Lipinski definition) is 3. The van der Waals surface area contributed by atoms with Gasteiger partial charge in [-0.2, -0.15) is 0 Å². The molecule has 2 aromatic rings. The van der Waals surface area contributed by atoms with E-state index in [2.05, 4.69) is 40.2 Å². The minimum Gasteiger partial charge on any atom is -0.466 e. The smallest absolute Gasteiger partial charge is 0.333 e. The average Bonchev–Trinajstić information content (AvgIpc) is 3.04. The zero-order chi connectivity index (χ0) is 17.0. The zero-order valence-corrected chi connectivity index (χ0v) is 14.6. The molecule has 0 amide bonds. The summed E-state index contributed by atoms with van der Waals surface area (Å²) in [5, 5.41) is 1.37. The number of methoxy groups -OCH3 is 1. The van der Waals surface area contributed by atoms with Gasteiger partial charge in [0.25, 0.3) is 0 Å². The molecule has 4 heteroatoms. The van der Waals surface area contributed by atoms with Crippen LogP contribution in [0.5, 0.6) is 0 Å². The summed E-state index contributed by atoms with van der Waals surface area (Å²) in [6.07, 6.45) is 6.45. The molecule has 2 aliphatic heterocycles. The van der Waals surface area contributed by atoms with E-state index in [4.69, 9.17) is 4.74 Å². The van der Waals surface area contributed by atoms with Crippen LogP contribution in [0, 0.1) is 11.8 Å². The van der Waals surface area contributed by atoms with E-state index in [1.54, 1.807) is 0 Å². The van der Waals surface area contributed by atoms with Gasteiger partial charge in [-0.05, 0) is 49.1 Å². The van der Waals surface area contributed by atoms with Crippen LogP contribution in [0.2, 0.25) is 0 Å². The van der Waals surface area contributed by atoms with Crippen molar-refractivity contribution in [3.8, 4) is 0 Å². The molecule has 4 nitrogen and oxygen atoms in total. The first-order chi connectivity index (χ1) is 12.3. The maximum Gasteiger partial charge on any atom is 0.333 e. The molecular formula is C21H24N2O2. The Balaban J connectivity index is 1.54. The highest BCUT2D eigenvalue weighted by molar-refractivity contribution is 5.89. The molecule has 3 aliphatic rings. The summed E-state index contributed by atoms with van der Waals surface area (Å²) in [5.74, 6) is 0.789. The van der Waals surface area contributed by atoms with Gasteiger partial charge >= 0.3 is 5.97 Å². The highest BCUT2D eigenvalue weighted by Gasteiger charge is 2.43. The largest absolute Gasteiger partial charge is 0.466 e. The summed E-state index contributed by atoms with van der Waals surface area (Å²) in [7, 11) is 1.50. The number of esters is 1. The number of carbonyl (C=O) groups is 1. The van der Waals surface area contributed by atoms with Gasteiger partial charge in [-0.15, -0.1) is 0 Å². The number of hydrogen-bond donors (Lipinski definition) is 1. The molecule has 0 spiro atoms. The molecule has 0 bridgehead atoms. The predicted molar refractivity (Wildman–Crippen MR) is 97.2 cm³/mol. The molecule has 130 valence electrons. The monoisotopic (exact) mass is 336 g/mol. The van der Waals surface area contributed by atoms with E-state index in [1.165, 1.54) is 35.7 Å². The van der Waals surface area contributed by atoms with E-state index < -0.39 is 0 Å². The van der Waals surface area contributed by atoms with Crippen LogP contribution in [-0.2, 0) is 16.0 Å². The van der Waals surface area contributed by atoms with Gasteiger partial charge in [-0.1, -0.05) is 24.3 Å². The van der Waals surface area contributed by atoms with E-state index in [1.807, 2.05) is 0 Å². The number of piperidine rings is 1. The Bertz CT molecular complexity index is 866. The lowest BCUT2D eigenvalue weighted by molar-refractivity contribution is -0.137. The molecule has 1 N–H and O–H groups in total. The summed E-state index contributed by atoms with van der Waals surface area (Å²) >= 11 is 0. The average molecular weight is 336 g/mol. The van der Waals surface area contributed by atoms with Crippen LogP contribution in [0.25, 0.3) is 10.9 Å². The van der Waals surface area contributed by atoms with Crippen LogP contribution in [0.3, 0.4) is 0 Å². The molecule has 3 heterocycles. The third-order valence-corrected chi connectivity index (χ3v) is 6.51. The number of fused-ring (bicyclic) bond motifs is 6. The second-order valence-corrected chi connectivity index (χ2v) is 7.65. The molecule has 0 saturated carbocycles. The van der Waals surface area contributed by atoms with Gasteiger partial charge in [0.1, 0.15) is 0 Å².